The summed E-state index contributed by atoms with van der Waals surface area (Å²) in [5.41, 5.74) is 1.57. The fraction of sp³-hybridized carbons (Fsp3) is 0.333. The molecule has 1 N–H and O–H groups in total. The van der Waals surface area contributed by atoms with E-state index in [-0.39, 0.29) is 6.61 Å². The molecule has 1 unspecified atom stereocenters. The number of carboxylic acid groups (broad SMARTS) is 1. The Labute approximate surface area is 226 Å². The summed E-state index contributed by atoms with van der Waals surface area (Å²) in [5, 5.41) is 14.4. The molecule has 1 fully saturated rings. The van der Waals surface area contributed by atoms with E-state index in [2.05, 4.69) is 5.16 Å². The van der Waals surface area contributed by atoms with Crippen LogP contribution in [-0.2, 0) is 26.4 Å². The largest absolute Gasteiger partial charge is 0.464 e. The number of aromatic nitrogens is 1. The second-order valence-corrected chi connectivity index (χ2v) is 10.8. The number of anilines is 1. The molecule has 1 saturated carbocycles. The van der Waals surface area contributed by atoms with Crippen LogP contribution in [0.5, 0.6) is 0 Å². The minimum Gasteiger partial charge on any atom is -0.464 e. The van der Waals surface area contributed by atoms with Crippen molar-refractivity contribution in [1.29, 1.82) is 0 Å². The van der Waals surface area contributed by atoms with Crippen molar-refractivity contribution in [3.05, 3.63) is 78.0 Å². The minimum absolute atomic E-state index is 0.230. The van der Waals surface area contributed by atoms with Crippen LogP contribution < -0.4 is 4.90 Å². The fourth-order valence-corrected chi connectivity index (χ4v) is 5.37. The summed E-state index contributed by atoms with van der Waals surface area (Å²) in [5.74, 6) is -0.550. The molecule has 1 aromatic heterocycles. The van der Waals surface area contributed by atoms with Crippen molar-refractivity contribution in [2.75, 3.05) is 4.90 Å². The molecule has 0 saturated heterocycles. The SMILES string of the molecule is CC(C)(C)OC(=O)n1cccc1-c1ccc2c(c1)C1(CCCCC1=NOCc1ccccc1)C(=O)N2C(=O)O. The number of rotatable bonds is 4. The molecule has 2 aromatic carbocycles. The highest BCUT2D eigenvalue weighted by Gasteiger charge is 2.57. The van der Waals surface area contributed by atoms with Gasteiger partial charge in [-0.25, -0.2) is 14.5 Å². The molecule has 3 aromatic rings. The van der Waals surface area contributed by atoms with Crippen LogP contribution in [-0.4, -0.2) is 39.1 Å². The van der Waals surface area contributed by atoms with E-state index in [1.54, 1.807) is 57.3 Å². The molecule has 0 radical (unpaired) electrons. The van der Waals surface area contributed by atoms with Crippen molar-refractivity contribution >= 4 is 29.5 Å². The fourth-order valence-electron chi connectivity index (χ4n) is 5.37. The number of hydrogen-bond acceptors (Lipinski definition) is 6. The molecule has 9 heteroatoms. The summed E-state index contributed by atoms with van der Waals surface area (Å²) in [7, 11) is 0. The van der Waals surface area contributed by atoms with E-state index >= 15 is 0 Å². The molecule has 1 aliphatic carbocycles. The van der Waals surface area contributed by atoms with Gasteiger partial charge < -0.3 is 14.7 Å². The van der Waals surface area contributed by atoms with Gasteiger partial charge in [0.1, 0.15) is 17.6 Å². The third-order valence-electron chi connectivity index (χ3n) is 7.05. The van der Waals surface area contributed by atoms with Gasteiger partial charge in [0.15, 0.2) is 0 Å². The number of amides is 2. The number of carbonyl (C=O) groups excluding carboxylic acids is 2. The van der Waals surface area contributed by atoms with Gasteiger partial charge >= 0.3 is 12.2 Å². The van der Waals surface area contributed by atoms with Gasteiger partial charge in [0.05, 0.1) is 17.1 Å². The highest BCUT2D eigenvalue weighted by Crippen LogP contribution is 2.50. The molecular formula is C30H31N3O6. The van der Waals surface area contributed by atoms with E-state index in [0.717, 1.165) is 23.3 Å². The van der Waals surface area contributed by atoms with Crippen molar-refractivity contribution in [3.8, 4) is 11.3 Å². The molecule has 2 amide bonds. The molecule has 5 rings (SSSR count). The van der Waals surface area contributed by atoms with Crippen molar-refractivity contribution in [3.63, 3.8) is 0 Å². The maximum atomic E-state index is 13.9. The second-order valence-electron chi connectivity index (χ2n) is 10.8. The van der Waals surface area contributed by atoms with Crippen LogP contribution in [0.1, 0.15) is 57.6 Å². The predicted molar refractivity (Wildman–Crippen MR) is 146 cm³/mol. The number of carbonyl (C=O) groups is 3. The molecule has 1 spiro atoms. The number of ether oxygens (including phenoxy) is 1. The van der Waals surface area contributed by atoms with E-state index in [0.29, 0.717) is 41.1 Å². The van der Waals surface area contributed by atoms with Crippen LogP contribution in [0.15, 0.2) is 72.0 Å². The van der Waals surface area contributed by atoms with Crippen LogP contribution >= 0.6 is 0 Å². The Morgan fingerprint density at radius 2 is 1.82 bits per heavy atom. The number of fused-ring (bicyclic) bond motifs is 2. The Hall–Kier alpha value is -4.40. The van der Waals surface area contributed by atoms with Crippen LogP contribution in [0.4, 0.5) is 15.3 Å². The summed E-state index contributed by atoms with van der Waals surface area (Å²) < 4.78 is 6.97. The monoisotopic (exact) mass is 529 g/mol. The standard InChI is InChI=1S/C30H31N3O6/c1-29(2,3)39-28(37)32-17-9-12-23(32)21-14-15-24-22(18-21)30(26(34)33(24)27(35)36)16-8-7-13-25(30)31-38-19-20-10-5-4-6-11-20/h4-6,9-12,14-15,17-18H,7-8,13,16,19H2,1-3H3,(H,35,36). The quantitative estimate of drug-likeness (QED) is 0.395. The molecule has 2 aliphatic rings. The summed E-state index contributed by atoms with van der Waals surface area (Å²) in [6, 6.07) is 18.2. The lowest BCUT2D eigenvalue weighted by Crippen LogP contribution is -2.49. The molecule has 202 valence electrons. The number of nitrogens with zero attached hydrogens (tertiary/aromatic N) is 3. The third-order valence-corrected chi connectivity index (χ3v) is 7.05. The first kappa shape index (κ1) is 26.2. The average molecular weight is 530 g/mol. The zero-order chi connectivity index (χ0) is 27.8. The zero-order valence-corrected chi connectivity index (χ0v) is 22.2. The van der Waals surface area contributed by atoms with Gasteiger partial charge in [-0.3, -0.25) is 9.36 Å². The molecule has 1 atom stereocenters. The lowest BCUT2D eigenvalue weighted by Gasteiger charge is -2.33. The average Bonchev–Trinajstić information content (AvgIpc) is 3.47. The Morgan fingerprint density at radius 1 is 1.05 bits per heavy atom. The first-order chi connectivity index (χ1) is 18.6. The molecule has 39 heavy (non-hydrogen) atoms. The van der Waals surface area contributed by atoms with Gasteiger partial charge in [0.25, 0.3) is 5.91 Å². The van der Waals surface area contributed by atoms with Crippen LogP contribution in [0.3, 0.4) is 0 Å². The molecular weight excluding hydrogens is 498 g/mol. The summed E-state index contributed by atoms with van der Waals surface area (Å²) in [6.07, 6.45) is 2.19. The van der Waals surface area contributed by atoms with Crippen molar-refractivity contribution in [2.45, 2.75) is 64.1 Å². The normalized spacial score (nSPS) is 19.8. The van der Waals surface area contributed by atoms with E-state index in [4.69, 9.17) is 9.57 Å². The lowest BCUT2D eigenvalue weighted by atomic mass is 9.68. The maximum Gasteiger partial charge on any atom is 0.418 e. The van der Waals surface area contributed by atoms with E-state index in [1.807, 2.05) is 30.3 Å². The third kappa shape index (κ3) is 4.80. The van der Waals surface area contributed by atoms with Gasteiger partial charge in [-0.05, 0) is 81.0 Å². The summed E-state index contributed by atoms with van der Waals surface area (Å²) >= 11 is 0. The smallest absolute Gasteiger partial charge is 0.418 e. The Balaban J connectivity index is 1.58. The van der Waals surface area contributed by atoms with Gasteiger partial charge in [-0.2, -0.15) is 0 Å². The molecule has 2 heterocycles. The summed E-state index contributed by atoms with van der Waals surface area (Å²) in [6.45, 7) is 5.61. The molecule has 0 bridgehead atoms. The topological polar surface area (TPSA) is 110 Å². The second kappa shape index (κ2) is 10.1. The zero-order valence-electron chi connectivity index (χ0n) is 22.2. The first-order valence-corrected chi connectivity index (χ1v) is 13.0. The minimum atomic E-state index is -1.35. The lowest BCUT2D eigenvalue weighted by molar-refractivity contribution is -0.121. The van der Waals surface area contributed by atoms with Crippen LogP contribution in [0, 0.1) is 0 Å². The highest BCUT2D eigenvalue weighted by molar-refractivity contribution is 6.30. The molecule has 1 aliphatic heterocycles. The van der Waals surface area contributed by atoms with Crippen molar-refractivity contribution in [2.24, 2.45) is 5.16 Å². The Bertz CT molecular complexity index is 1450. The van der Waals surface area contributed by atoms with Gasteiger partial charge in [0.2, 0.25) is 0 Å². The molecule has 9 nitrogen and oxygen atoms in total. The van der Waals surface area contributed by atoms with E-state index in [9.17, 15) is 19.5 Å². The predicted octanol–water partition coefficient (Wildman–Crippen LogP) is 6.35. The summed E-state index contributed by atoms with van der Waals surface area (Å²) in [4.78, 5) is 45.6. The van der Waals surface area contributed by atoms with E-state index in [1.165, 1.54) is 4.57 Å². The van der Waals surface area contributed by atoms with Crippen molar-refractivity contribution < 1.29 is 29.1 Å². The van der Waals surface area contributed by atoms with Gasteiger partial charge in [-0.1, -0.05) is 48.0 Å². The number of oxime groups is 1. The van der Waals surface area contributed by atoms with Crippen LogP contribution in [0.25, 0.3) is 11.3 Å². The number of hydrogen-bond donors (Lipinski definition) is 1. The highest BCUT2D eigenvalue weighted by atomic mass is 16.6. The van der Waals surface area contributed by atoms with Gasteiger partial charge in [0, 0.05) is 6.20 Å². The van der Waals surface area contributed by atoms with E-state index < -0.39 is 29.1 Å². The maximum absolute atomic E-state index is 13.9. The Kier molecular flexibility index (Phi) is 6.76. The first-order valence-electron chi connectivity index (χ1n) is 13.0. The number of imide groups is 1. The Morgan fingerprint density at radius 3 is 2.54 bits per heavy atom. The van der Waals surface area contributed by atoms with Crippen molar-refractivity contribution in [1.82, 2.24) is 4.57 Å². The number of benzene rings is 2. The van der Waals surface area contributed by atoms with Gasteiger partial charge in [-0.15, -0.1) is 0 Å². The van der Waals surface area contributed by atoms with Crippen LogP contribution in [0.2, 0.25) is 0 Å².